The minimum atomic E-state index is -0.810. The Balaban J connectivity index is 3.80. The number of nitrogens with two attached hydrogens (primary N) is 1. The van der Waals surface area contributed by atoms with Crippen molar-refractivity contribution >= 4 is 5.97 Å². The second-order valence-electron chi connectivity index (χ2n) is 3.28. The molecule has 0 heterocycles. The van der Waals surface area contributed by atoms with Gasteiger partial charge in [0.1, 0.15) is 0 Å². The lowest BCUT2D eigenvalue weighted by Gasteiger charge is -2.12. The zero-order valence-corrected chi connectivity index (χ0v) is 7.55. The molecular weight excluding hydrogens is 154 g/mol. The molecule has 12 heavy (non-hydrogen) atoms. The van der Waals surface area contributed by atoms with E-state index in [0.29, 0.717) is 13.0 Å². The predicted molar refractivity (Wildman–Crippen MR) is 47.5 cm³/mol. The molecule has 0 spiro atoms. The van der Waals surface area contributed by atoms with Crippen molar-refractivity contribution in [3.05, 3.63) is 0 Å². The maximum absolute atomic E-state index is 10.1. The highest BCUT2D eigenvalue weighted by molar-refractivity contribution is 5.67. The lowest BCUT2D eigenvalue weighted by molar-refractivity contribution is -0.136. The molecule has 0 unspecified atom stereocenters. The van der Waals surface area contributed by atoms with E-state index in [1.807, 2.05) is 13.8 Å². The van der Waals surface area contributed by atoms with E-state index in [1.54, 1.807) is 0 Å². The molecule has 0 aliphatic rings. The first-order valence-electron chi connectivity index (χ1n) is 3.90. The molecule has 3 nitrogen and oxygen atoms in total. The van der Waals surface area contributed by atoms with Crippen LogP contribution in [-0.4, -0.2) is 17.6 Å². The van der Waals surface area contributed by atoms with Crippen molar-refractivity contribution in [3.63, 3.8) is 0 Å². The van der Waals surface area contributed by atoms with Crippen LogP contribution in [0, 0.1) is 17.3 Å². The van der Waals surface area contributed by atoms with Gasteiger partial charge in [-0.3, -0.25) is 4.79 Å². The largest absolute Gasteiger partial charge is 0.481 e. The van der Waals surface area contributed by atoms with Crippen LogP contribution in [0.4, 0.5) is 0 Å². The topological polar surface area (TPSA) is 63.3 Å². The van der Waals surface area contributed by atoms with E-state index in [-0.39, 0.29) is 11.8 Å². The summed E-state index contributed by atoms with van der Waals surface area (Å²) in [7, 11) is 0. The summed E-state index contributed by atoms with van der Waals surface area (Å²) in [5.41, 5.74) is 5.23. The van der Waals surface area contributed by atoms with Gasteiger partial charge in [0.25, 0.3) is 0 Å². The highest BCUT2D eigenvalue weighted by Crippen LogP contribution is 2.09. The van der Waals surface area contributed by atoms with Gasteiger partial charge in [0, 0.05) is 18.4 Å². The standard InChI is InChI=1S/C9H15NO2/c1-9(2,7-10)6-4-3-5-8(11)12/h3,5,7,10H2,1-2H3,(H,11,12). The zero-order chi connectivity index (χ0) is 9.61. The van der Waals surface area contributed by atoms with Gasteiger partial charge in [0.2, 0.25) is 0 Å². The highest BCUT2D eigenvalue weighted by atomic mass is 16.4. The summed E-state index contributed by atoms with van der Waals surface area (Å²) >= 11 is 0. The number of hydrogen-bond acceptors (Lipinski definition) is 2. The molecule has 68 valence electrons. The van der Waals surface area contributed by atoms with Crippen LogP contribution in [0.15, 0.2) is 0 Å². The number of aliphatic carboxylic acids is 1. The summed E-state index contributed by atoms with van der Waals surface area (Å²) in [6.45, 7) is 4.36. The molecule has 0 rings (SSSR count). The average Bonchev–Trinajstić information content (AvgIpc) is 1.98. The lowest BCUT2D eigenvalue weighted by Crippen LogP contribution is -2.21. The van der Waals surface area contributed by atoms with Crippen molar-refractivity contribution in [2.75, 3.05) is 6.54 Å². The molecule has 0 atom stereocenters. The normalized spacial score (nSPS) is 10.2. The van der Waals surface area contributed by atoms with Crippen LogP contribution >= 0.6 is 0 Å². The van der Waals surface area contributed by atoms with Gasteiger partial charge in [-0.2, -0.15) is 0 Å². The van der Waals surface area contributed by atoms with Gasteiger partial charge in [-0.05, 0) is 13.8 Å². The van der Waals surface area contributed by atoms with Gasteiger partial charge in [0.15, 0.2) is 0 Å². The molecule has 0 saturated heterocycles. The fourth-order valence-electron chi connectivity index (χ4n) is 0.522. The van der Waals surface area contributed by atoms with E-state index in [0.717, 1.165) is 0 Å². The smallest absolute Gasteiger partial charge is 0.304 e. The molecule has 0 aromatic carbocycles. The number of hydrogen-bond donors (Lipinski definition) is 2. The summed E-state index contributed by atoms with van der Waals surface area (Å²) in [6, 6.07) is 0. The van der Waals surface area contributed by atoms with Crippen LogP contribution in [-0.2, 0) is 4.79 Å². The predicted octanol–water partition coefficient (Wildman–Crippen LogP) is 0.840. The first kappa shape index (κ1) is 11.0. The first-order chi connectivity index (χ1) is 5.48. The fraction of sp³-hybridized carbons (Fsp3) is 0.667. The van der Waals surface area contributed by atoms with Crippen LogP contribution in [0.5, 0.6) is 0 Å². The van der Waals surface area contributed by atoms with Gasteiger partial charge in [0.05, 0.1) is 6.42 Å². The molecule has 3 heteroatoms. The molecule has 0 amide bonds. The first-order valence-corrected chi connectivity index (χ1v) is 3.90. The van der Waals surface area contributed by atoms with Crippen molar-refractivity contribution in [2.45, 2.75) is 26.7 Å². The summed E-state index contributed by atoms with van der Waals surface area (Å²) < 4.78 is 0. The summed E-state index contributed by atoms with van der Waals surface area (Å²) in [6.07, 6.45) is 0.506. The highest BCUT2D eigenvalue weighted by Gasteiger charge is 2.09. The van der Waals surface area contributed by atoms with Gasteiger partial charge in [-0.1, -0.05) is 5.92 Å². The Hall–Kier alpha value is -1.01. The van der Waals surface area contributed by atoms with E-state index >= 15 is 0 Å². The Labute approximate surface area is 73.0 Å². The van der Waals surface area contributed by atoms with Crippen molar-refractivity contribution in [2.24, 2.45) is 11.1 Å². The number of carbonyl (C=O) groups is 1. The minimum absolute atomic E-state index is 0.105. The quantitative estimate of drug-likeness (QED) is 0.615. The lowest BCUT2D eigenvalue weighted by atomic mass is 9.95. The van der Waals surface area contributed by atoms with E-state index in [9.17, 15) is 4.79 Å². The molecule has 3 N–H and O–H groups in total. The fourth-order valence-corrected chi connectivity index (χ4v) is 0.522. The molecule has 0 aliphatic carbocycles. The van der Waals surface area contributed by atoms with Gasteiger partial charge < -0.3 is 10.8 Å². The third kappa shape index (κ3) is 5.75. The van der Waals surface area contributed by atoms with Crippen molar-refractivity contribution in [3.8, 4) is 11.8 Å². The monoisotopic (exact) mass is 169 g/mol. The second-order valence-corrected chi connectivity index (χ2v) is 3.28. The van der Waals surface area contributed by atoms with E-state index in [2.05, 4.69) is 11.8 Å². The third-order valence-corrected chi connectivity index (χ3v) is 1.40. The van der Waals surface area contributed by atoms with Crippen LogP contribution in [0.25, 0.3) is 0 Å². The van der Waals surface area contributed by atoms with Gasteiger partial charge >= 0.3 is 5.97 Å². The average molecular weight is 169 g/mol. The molecule has 0 saturated carbocycles. The van der Waals surface area contributed by atoms with E-state index in [4.69, 9.17) is 10.8 Å². The van der Waals surface area contributed by atoms with Crippen LogP contribution in [0.3, 0.4) is 0 Å². The van der Waals surface area contributed by atoms with Crippen LogP contribution in [0.1, 0.15) is 26.7 Å². The molecule has 0 aliphatic heterocycles. The van der Waals surface area contributed by atoms with Crippen molar-refractivity contribution in [1.29, 1.82) is 0 Å². The Morgan fingerprint density at radius 3 is 2.58 bits per heavy atom. The van der Waals surface area contributed by atoms with Crippen molar-refractivity contribution in [1.82, 2.24) is 0 Å². The molecule has 0 aromatic heterocycles. The SMILES string of the molecule is CC(C)(C#CCCC(=O)O)CN. The molecular formula is C9H15NO2. The summed E-state index contributed by atoms with van der Waals surface area (Å²) in [5.74, 6) is 4.91. The number of rotatable bonds is 3. The van der Waals surface area contributed by atoms with Crippen molar-refractivity contribution < 1.29 is 9.90 Å². The molecule has 0 fully saturated rings. The Morgan fingerprint density at radius 2 is 2.17 bits per heavy atom. The second kappa shape index (κ2) is 4.78. The van der Waals surface area contributed by atoms with Crippen LogP contribution in [0.2, 0.25) is 0 Å². The van der Waals surface area contributed by atoms with E-state index < -0.39 is 5.97 Å². The Bertz CT molecular complexity index is 210. The van der Waals surface area contributed by atoms with Gasteiger partial charge in [-0.15, -0.1) is 5.92 Å². The maximum Gasteiger partial charge on any atom is 0.304 e. The molecule has 0 radical (unpaired) electrons. The maximum atomic E-state index is 10.1. The summed E-state index contributed by atoms with van der Waals surface area (Å²) in [5, 5.41) is 8.31. The molecule has 0 aromatic rings. The summed E-state index contributed by atoms with van der Waals surface area (Å²) in [4.78, 5) is 10.1. The minimum Gasteiger partial charge on any atom is -0.481 e. The Morgan fingerprint density at radius 1 is 1.58 bits per heavy atom. The zero-order valence-electron chi connectivity index (χ0n) is 7.55. The van der Waals surface area contributed by atoms with E-state index in [1.165, 1.54) is 0 Å². The third-order valence-electron chi connectivity index (χ3n) is 1.40. The van der Waals surface area contributed by atoms with Crippen LogP contribution < -0.4 is 5.73 Å². The Kier molecular flexibility index (Phi) is 4.38. The number of carboxylic acid groups (broad SMARTS) is 1. The molecule has 0 bridgehead atoms. The van der Waals surface area contributed by atoms with Gasteiger partial charge in [-0.25, -0.2) is 0 Å². The number of carboxylic acids is 1.